The van der Waals surface area contributed by atoms with Gasteiger partial charge in [-0.05, 0) is 110 Å². The van der Waals surface area contributed by atoms with E-state index in [1.54, 1.807) is 0 Å². The minimum absolute atomic E-state index is 0.485. The smallest absolute Gasteiger partial charge is 0.0132 e. The molecule has 0 aliphatic heterocycles. The van der Waals surface area contributed by atoms with E-state index < -0.39 is 0 Å². The average Bonchev–Trinajstić information content (AvgIpc) is 3.17. The molecule has 1 heteroatoms. The first-order chi connectivity index (χ1) is 16.3. The molecule has 4 aliphatic rings. The van der Waals surface area contributed by atoms with E-state index in [1.165, 1.54) is 75.5 Å². The highest BCUT2D eigenvalue weighted by atomic mass is 32.2. The maximum absolute atomic E-state index is 2.77. The van der Waals surface area contributed by atoms with E-state index in [1.807, 2.05) is 5.57 Å². The molecule has 0 amide bonds. The van der Waals surface area contributed by atoms with Crippen LogP contribution >= 0.6 is 11.8 Å². The van der Waals surface area contributed by atoms with Crippen molar-refractivity contribution in [1.82, 2.24) is 0 Å². The maximum Gasteiger partial charge on any atom is 0.0132 e. The lowest BCUT2D eigenvalue weighted by atomic mass is 9.47. The molecule has 3 fully saturated rings. The molecule has 0 radical (unpaired) electrons. The number of rotatable bonds is 7. The zero-order chi connectivity index (χ0) is 23.9. The van der Waals surface area contributed by atoms with E-state index >= 15 is 0 Å². The Morgan fingerprint density at radius 2 is 1.71 bits per heavy atom. The van der Waals surface area contributed by atoms with Crippen molar-refractivity contribution in [2.24, 2.45) is 46.3 Å². The Labute approximate surface area is 215 Å². The summed E-state index contributed by atoms with van der Waals surface area (Å²) < 4.78 is 0. The van der Waals surface area contributed by atoms with Gasteiger partial charge in [-0.25, -0.2) is 0 Å². The Kier molecular flexibility index (Phi) is 7.34. The summed E-state index contributed by atoms with van der Waals surface area (Å²) in [5, 5.41) is 0.773. The number of benzene rings is 1. The van der Waals surface area contributed by atoms with Crippen molar-refractivity contribution in [2.45, 2.75) is 115 Å². The van der Waals surface area contributed by atoms with Crippen LogP contribution in [-0.4, -0.2) is 5.25 Å². The zero-order valence-electron chi connectivity index (χ0n) is 22.7. The molecule has 8 atom stereocenters. The molecule has 5 unspecified atom stereocenters. The number of hydrogen-bond acceptors (Lipinski definition) is 1. The van der Waals surface area contributed by atoms with Crippen LogP contribution in [0, 0.1) is 46.3 Å². The van der Waals surface area contributed by atoms with Crippen molar-refractivity contribution < 1.29 is 0 Å². The Hall–Kier alpha value is -0.690. The van der Waals surface area contributed by atoms with Crippen LogP contribution in [0.3, 0.4) is 0 Å². The molecule has 5 rings (SSSR count). The SMILES string of the molecule is CC(C)CCCC(C)C1CCC2C3CC=C4C[C@@H](Sc5ccccc5)CC[C@]4(C)C3CC[C@]12C. The molecule has 0 nitrogen and oxygen atoms in total. The first-order valence-electron chi connectivity index (χ1n) is 14.7. The molecule has 34 heavy (non-hydrogen) atoms. The summed E-state index contributed by atoms with van der Waals surface area (Å²) in [6, 6.07) is 11.1. The Morgan fingerprint density at radius 1 is 0.912 bits per heavy atom. The highest BCUT2D eigenvalue weighted by Crippen LogP contribution is 2.67. The van der Waals surface area contributed by atoms with Crippen molar-refractivity contribution in [1.29, 1.82) is 0 Å². The summed E-state index contributed by atoms with van der Waals surface area (Å²) in [5.41, 5.74) is 2.94. The van der Waals surface area contributed by atoms with Gasteiger partial charge in [-0.2, -0.15) is 0 Å². The molecule has 0 N–H and O–H groups in total. The third-order valence-electron chi connectivity index (χ3n) is 11.3. The number of allylic oxidation sites excluding steroid dienone is 2. The second kappa shape index (κ2) is 9.99. The number of fused-ring (bicyclic) bond motifs is 5. The topological polar surface area (TPSA) is 0 Å². The van der Waals surface area contributed by atoms with Gasteiger partial charge in [0.25, 0.3) is 0 Å². The minimum Gasteiger partial charge on any atom is -0.122 e. The lowest BCUT2D eigenvalue weighted by Crippen LogP contribution is -2.50. The van der Waals surface area contributed by atoms with Crippen molar-refractivity contribution in [3.05, 3.63) is 42.0 Å². The molecule has 0 saturated heterocycles. The van der Waals surface area contributed by atoms with E-state index in [0.717, 1.165) is 40.8 Å². The molecule has 1 aromatic rings. The fourth-order valence-corrected chi connectivity index (χ4v) is 10.6. The van der Waals surface area contributed by atoms with Crippen molar-refractivity contribution in [3.63, 3.8) is 0 Å². The molecular formula is C33H50S. The van der Waals surface area contributed by atoms with Crippen LogP contribution in [0.1, 0.15) is 105 Å². The van der Waals surface area contributed by atoms with Gasteiger partial charge in [0.15, 0.2) is 0 Å². The largest absolute Gasteiger partial charge is 0.122 e. The molecule has 3 saturated carbocycles. The van der Waals surface area contributed by atoms with Gasteiger partial charge in [0.2, 0.25) is 0 Å². The van der Waals surface area contributed by atoms with Crippen molar-refractivity contribution in [3.8, 4) is 0 Å². The molecule has 0 bridgehead atoms. The summed E-state index contributed by atoms with van der Waals surface area (Å²) in [5.74, 6) is 5.64. The molecule has 0 aromatic heterocycles. The highest BCUT2D eigenvalue weighted by molar-refractivity contribution is 8.00. The third kappa shape index (κ3) is 4.57. The molecule has 188 valence electrons. The van der Waals surface area contributed by atoms with E-state index in [4.69, 9.17) is 0 Å². The van der Waals surface area contributed by atoms with Gasteiger partial charge < -0.3 is 0 Å². The Bertz CT molecular complexity index is 855. The van der Waals surface area contributed by atoms with Gasteiger partial charge in [0.1, 0.15) is 0 Å². The predicted molar refractivity (Wildman–Crippen MR) is 149 cm³/mol. The lowest BCUT2D eigenvalue weighted by Gasteiger charge is -2.58. The minimum atomic E-state index is 0.485. The fraction of sp³-hybridized carbons (Fsp3) is 0.758. The van der Waals surface area contributed by atoms with Gasteiger partial charge >= 0.3 is 0 Å². The first-order valence-corrected chi connectivity index (χ1v) is 15.6. The Morgan fingerprint density at radius 3 is 2.47 bits per heavy atom. The van der Waals surface area contributed by atoms with E-state index in [0.29, 0.717) is 10.8 Å². The van der Waals surface area contributed by atoms with Crippen LogP contribution < -0.4 is 0 Å². The third-order valence-corrected chi connectivity index (χ3v) is 12.6. The monoisotopic (exact) mass is 478 g/mol. The van der Waals surface area contributed by atoms with Crippen LogP contribution in [0.15, 0.2) is 46.9 Å². The molecule has 0 spiro atoms. The molecular weight excluding hydrogens is 428 g/mol. The summed E-state index contributed by atoms with van der Waals surface area (Å²) >= 11 is 2.13. The van der Waals surface area contributed by atoms with Gasteiger partial charge in [-0.3, -0.25) is 0 Å². The highest BCUT2D eigenvalue weighted by Gasteiger charge is 2.59. The zero-order valence-corrected chi connectivity index (χ0v) is 23.5. The van der Waals surface area contributed by atoms with Gasteiger partial charge in [0, 0.05) is 10.1 Å². The average molecular weight is 479 g/mol. The second-order valence-electron chi connectivity index (χ2n) is 13.6. The normalized spacial score (nSPS) is 40.3. The van der Waals surface area contributed by atoms with Crippen LogP contribution in [0.5, 0.6) is 0 Å². The van der Waals surface area contributed by atoms with E-state index in [9.17, 15) is 0 Å². The lowest BCUT2D eigenvalue weighted by molar-refractivity contribution is -0.0497. The fourth-order valence-electron chi connectivity index (χ4n) is 9.44. The first kappa shape index (κ1) is 25.0. The summed E-state index contributed by atoms with van der Waals surface area (Å²) in [6.45, 7) is 12.8. The molecule has 4 aliphatic carbocycles. The van der Waals surface area contributed by atoms with Gasteiger partial charge in [-0.15, -0.1) is 11.8 Å². The quantitative estimate of drug-likeness (QED) is 0.351. The van der Waals surface area contributed by atoms with Crippen LogP contribution in [0.4, 0.5) is 0 Å². The van der Waals surface area contributed by atoms with Gasteiger partial charge in [-0.1, -0.05) is 83.7 Å². The van der Waals surface area contributed by atoms with Crippen molar-refractivity contribution in [2.75, 3.05) is 0 Å². The number of hydrogen-bond donors (Lipinski definition) is 0. The second-order valence-corrected chi connectivity index (χ2v) is 15.0. The summed E-state index contributed by atoms with van der Waals surface area (Å²) in [6.07, 6.45) is 18.6. The predicted octanol–water partition coefficient (Wildman–Crippen LogP) is 10.2. The van der Waals surface area contributed by atoms with E-state index in [2.05, 4.69) is 82.8 Å². The molecule has 1 aromatic carbocycles. The van der Waals surface area contributed by atoms with Crippen molar-refractivity contribution >= 4 is 11.8 Å². The van der Waals surface area contributed by atoms with Crippen LogP contribution in [0.25, 0.3) is 0 Å². The number of thioether (sulfide) groups is 1. The summed E-state index contributed by atoms with van der Waals surface area (Å²) in [7, 11) is 0. The van der Waals surface area contributed by atoms with E-state index in [-0.39, 0.29) is 0 Å². The van der Waals surface area contributed by atoms with Crippen LogP contribution in [0.2, 0.25) is 0 Å². The molecule has 0 heterocycles. The van der Waals surface area contributed by atoms with Gasteiger partial charge in [0.05, 0.1) is 0 Å². The van der Waals surface area contributed by atoms with Crippen LogP contribution in [-0.2, 0) is 0 Å². The standard InChI is InChI=1S/C33H50S/c1-23(2)10-9-11-24(3)29-16-17-30-28-15-14-25-22-27(34-26-12-7-6-8-13-26)18-20-32(25,4)31(28)19-21-33(29,30)5/h6-8,12-14,23-24,27-31H,9-11,15-22H2,1-5H3/t24?,27-,28?,29?,30?,31?,32-,33+/m0/s1. The maximum atomic E-state index is 2.77. The summed E-state index contributed by atoms with van der Waals surface area (Å²) in [4.78, 5) is 1.46. The Balaban J connectivity index is 1.27.